The second-order valence-corrected chi connectivity index (χ2v) is 9.52. The molecule has 8 rings (SSSR count). The maximum Gasteiger partial charge on any atom is 0.146 e. The smallest absolute Gasteiger partial charge is 0.146 e. The molecule has 5 atom stereocenters. The number of hydrogen-bond acceptors (Lipinski definition) is 2. The Morgan fingerprint density at radius 2 is 1.31 bits per heavy atom. The average molecular weight is 423 g/mol. The normalized spacial score (nSPS) is 29.8. The van der Waals surface area contributed by atoms with Crippen molar-refractivity contribution in [2.45, 2.75) is 32.1 Å². The zero-order valence-electron chi connectivity index (χ0n) is 18.4. The highest BCUT2D eigenvalue weighted by atomic mass is 16.1. The van der Waals surface area contributed by atoms with Gasteiger partial charge in [0.1, 0.15) is 12.6 Å². The lowest BCUT2D eigenvalue weighted by atomic mass is 9.65. The first kappa shape index (κ1) is 20.9. The molecule has 2 nitrogen and oxygen atoms in total. The molecule has 0 N–H and O–H groups in total. The van der Waals surface area contributed by atoms with E-state index in [4.69, 9.17) is 0 Å². The molecule has 162 valence electrons. The number of aldehydes is 2. The van der Waals surface area contributed by atoms with E-state index >= 15 is 0 Å². The highest BCUT2D eigenvalue weighted by molar-refractivity contribution is 5.82. The second-order valence-electron chi connectivity index (χ2n) is 9.52. The first-order chi connectivity index (χ1) is 15.8. The molecule has 6 aliphatic rings. The summed E-state index contributed by atoms with van der Waals surface area (Å²) < 4.78 is 0. The minimum absolute atomic E-state index is 0.284. The van der Waals surface area contributed by atoms with Gasteiger partial charge in [-0.1, -0.05) is 78.9 Å². The highest BCUT2D eigenvalue weighted by Crippen LogP contribution is 2.47. The van der Waals surface area contributed by atoms with Gasteiger partial charge >= 0.3 is 0 Å². The third kappa shape index (κ3) is 4.07. The standard InChI is InChI=1S/C15H16O.C15H14O/c2*16-10-14-8-13-7-6-12(14)9-15(13)11-4-2-1-3-5-11/h1-5,9-10,12-14H,6-8H2;1-5,8-10,12-13H,6-7H2. The molecule has 0 amide bonds. The summed E-state index contributed by atoms with van der Waals surface area (Å²) in [5, 5.41) is 0. The third-order valence-electron chi connectivity index (χ3n) is 7.70. The molecule has 4 bridgehead atoms. The molecule has 2 heteroatoms. The van der Waals surface area contributed by atoms with Gasteiger partial charge in [-0.3, -0.25) is 4.79 Å². The van der Waals surface area contributed by atoms with Crippen LogP contribution in [0.15, 0.2) is 84.5 Å². The quantitative estimate of drug-likeness (QED) is 0.524. The van der Waals surface area contributed by atoms with E-state index in [-0.39, 0.29) is 5.92 Å². The second kappa shape index (κ2) is 9.24. The molecule has 0 saturated heterocycles. The van der Waals surface area contributed by atoms with Crippen LogP contribution in [0, 0.1) is 29.6 Å². The molecule has 0 heterocycles. The van der Waals surface area contributed by atoms with E-state index in [2.05, 4.69) is 72.8 Å². The van der Waals surface area contributed by atoms with E-state index in [1.165, 1.54) is 41.5 Å². The van der Waals surface area contributed by atoms with E-state index in [0.29, 0.717) is 23.7 Å². The maximum atomic E-state index is 11.0. The van der Waals surface area contributed by atoms with E-state index in [1.807, 2.05) is 6.07 Å². The number of allylic oxidation sites excluding steroid dienone is 6. The van der Waals surface area contributed by atoms with Crippen LogP contribution < -0.4 is 0 Å². The fourth-order valence-corrected chi connectivity index (χ4v) is 6.00. The average Bonchev–Trinajstić information content (AvgIpc) is 2.90. The number of rotatable bonds is 4. The number of carbonyl (C=O) groups excluding carboxylic acids is 2. The SMILES string of the molecule is O=CC1=CC2CCC1C=C2c1ccccc1.O=CC1CC2CCC1C=C2c1ccccc1. The molecule has 6 aliphatic carbocycles. The highest BCUT2D eigenvalue weighted by Gasteiger charge is 2.36. The van der Waals surface area contributed by atoms with Crippen LogP contribution >= 0.6 is 0 Å². The van der Waals surface area contributed by atoms with Crippen LogP contribution in [0.25, 0.3) is 11.1 Å². The Hall–Kier alpha value is -3.00. The summed E-state index contributed by atoms with van der Waals surface area (Å²) in [5.74, 6) is 2.21. The van der Waals surface area contributed by atoms with Gasteiger partial charge in [0.25, 0.3) is 0 Å². The minimum atomic E-state index is 0.284. The van der Waals surface area contributed by atoms with Crippen LogP contribution in [-0.2, 0) is 9.59 Å². The number of fused-ring (bicyclic) bond motifs is 3. The van der Waals surface area contributed by atoms with Gasteiger partial charge in [-0.05, 0) is 71.8 Å². The lowest BCUT2D eigenvalue weighted by Gasteiger charge is -2.39. The topological polar surface area (TPSA) is 34.1 Å². The Morgan fingerprint density at radius 3 is 1.84 bits per heavy atom. The summed E-state index contributed by atoms with van der Waals surface area (Å²) >= 11 is 0. The minimum Gasteiger partial charge on any atom is -0.303 e. The van der Waals surface area contributed by atoms with Crippen LogP contribution in [0.3, 0.4) is 0 Å². The molecule has 0 radical (unpaired) electrons. The zero-order valence-corrected chi connectivity index (χ0v) is 18.4. The Bertz CT molecular complexity index is 1020. The van der Waals surface area contributed by atoms with Crippen molar-refractivity contribution in [3.63, 3.8) is 0 Å². The van der Waals surface area contributed by atoms with Crippen molar-refractivity contribution in [3.8, 4) is 0 Å². The van der Waals surface area contributed by atoms with Gasteiger partial charge in [0.05, 0.1) is 0 Å². The molecular formula is C30H30O2. The predicted molar refractivity (Wildman–Crippen MR) is 130 cm³/mol. The van der Waals surface area contributed by atoms with Crippen LogP contribution in [0.2, 0.25) is 0 Å². The first-order valence-electron chi connectivity index (χ1n) is 11.9. The summed E-state index contributed by atoms with van der Waals surface area (Å²) in [6, 6.07) is 21.1. The van der Waals surface area contributed by atoms with Crippen LogP contribution in [0.4, 0.5) is 0 Å². The van der Waals surface area contributed by atoms with Crippen LogP contribution in [0.1, 0.15) is 43.2 Å². The van der Waals surface area contributed by atoms with Gasteiger partial charge in [-0.15, -0.1) is 0 Å². The summed E-state index contributed by atoms with van der Waals surface area (Å²) in [4.78, 5) is 21.9. The van der Waals surface area contributed by atoms with Crippen molar-refractivity contribution in [2.75, 3.05) is 0 Å². The molecule has 5 unspecified atom stereocenters. The largest absolute Gasteiger partial charge is 0.303 e. The van der Waals surface area contributed by atoms with Gasteiger partial charge in [-0.25, -0.2) is 0 Å². The number of benzene rings is 2. The molecule has 1 saturated carbocycles. The first-order valence-corrected chi connectivity index (χ1v) is 11.9. The Balaban J connectivity index is 0.000000135. The molecule has 2 aromatic rings. The fraction of sp³-hybridized carbons (Fsp3) is 0.333. The monoisotopic (exact) mass is 422 g/mol. The van der Waals surface area contributed by atoms with Gasteiger partial charge in [0.15, 0.2) is 0 Å². The predicted octanol–water partition coefficient (Wildman–Crippen LogP) is 6.55. The van der Waals surface area contributed by atoms with E-state index < -0.39 is 0 Å². The Kier molecular flexibility index (Phi) is 6.03. The summed E-state index contributed by atoms with van der Waals surface area (Å²) in [7, 11) is 0. The molecule has 32 heavy (non-hydrogen) atoms. The lowest BCUT2D eigenvalue weighted by Crippen LogP contribution is -2.30. The van der Waals surface area contributed by atoms with Crippen LogP contribution in [-0.4, -0.2) is 12.6 Å². The van der Waals surface area contributed by atoms with E-state index in [0.717, 1.165) is 31.0 Å². The van der Waals surface area contributed by atoms with Gasteiger partial charge in [0, 0.05) is 17.8 Å². The van der Waals surface area contributed by atoms with Gasteiger partial charge in [0.2, 0.25) is 0 Å². The molecule has 1 fully saturated rings. The summed E-state index contributed by atoms with van der Waals surface area (Å²) in [5.41, 5.74) is 6.52. The van der Waals surface area contributed by atoms with Crippen molar-refractivity contribution >= 4 is 23.7 Å². The molecule has 0 aromatic heterocycles. The Labute approximate surface area is 190 Å². The number of hydrogen-bond donors (Lipinski definition) is 0. The van der Waals surface area contributed by atoms with Crippen molar-refractivity contribution in [3.05, 3.63) is 95.6 Å². The molecule has 0 spiro atoms. The van der Waals surface area contributed by atoms with Crippen molar-refractivity contribution < 1.29 is 9.59 Å². The maximum absolute atomic E-state index is 11.0. The van der Waals surface area contributed by atoms with E-state index in [9.17, 15) is 9.59 Å². The molecule has 2 aromatic carbocycles. The summed E-state index contributed by atoms with van der Waals surface area (Å²) in [6.45, 7) is 0. The lowest BCUT2D eigenvalue weighted by molar-refractivity contribution is -0.113. The Morgan fingerprint density at radius 1 is 0.656 bits per heavy atom. The van der Waals surface area contributed by atoms with Crippen molar-refractivity contribution in [1.82, 2.24) is 0 Å². The fourth-order valence-electron chi connectivity index (χ4n) is 6.00. The summed E-state index contributed by atoms with van der Waals surface area (Å²) in [6.07, 6.45) is 14.8. The molecule has 0 aliphatic heterocycles. The zero-order chi connectivity index (χ0) is 21.9. The van der Waals surface area contributed by atoms with Crippen LogP contribution in [0.5, 0.6) is 0 Å². The number of carbonyl (C=O) groups is 2. The van der Waals surface area contributed by atoms with Crippen molar-refractivity contribution in [2.24, 2.45) is 29.6 Å². The molecular weight excluding hydrogens is 392 g/mol. The van der Waals surface area contributed by atoms with E-state index in [1.54, 1.807) is 0 Å². The van der Waals surface area contributed by atoms with Gasteiger partial charge < -0.3 is 4.79 Å². The van der Waals surface area contributed by atoms with Gasteiger partial charge in [-0.2, -0.15) is 0 Å². The van der Waals surface area contributed by atoms with Crippen molar-refractivity contribution in [1.29, 1.82) is 0 Å². The third-order valence-corrected chi connectivity index (χ3v) is 7.70.